The second-order valence-corrected chi connectivity index (χ2v) is 14.0. The molecule has 1 aromatic heterocycles. The normalized spacial score (nSPS) is 14.0. The fourth-order valence-corrected chi connectivity index (χ4v) is 8.41. The first-order valence-corrected chi connectivity index (χ1v) is 14.1. The van der Waals surface area contributed by atoms with E-state index in [2.05, 4.69) is 128 Å². The molecule has 0 aliphatic carbocycles. The minimum absolute atomic E-state index is 0.304. The highest BCUT2D eigenvalue weighted by molar-refractivity contribution is 6.91. The Hall–Kier alpha value is -2.75. The van der Waals surface area contributed by atoms with Crippen LogP contribution in [0.15, 0.2) is 97.2 Å². The molecule has 0 amide bonds. The second kappa shape index (κ2) is 9.17. The van der Waals surface area contributed by atoms with E-state index < -0.39 is 8.07 Å². The summed E-state index contributed by atoms with van der Waals surface area (Å²) in [4.78, 5) is 7.02. The maximum absolute atomic E-state index is 4.66. The van der Waals surface area contributed by atoms with Crippen molar-refractivity contribution in [2.24, 2.45) is 0 Å². The van der Waals surface area contributed by atoms with Crippen molar-refractivity contribution in [3.05, 3.63) is 108 Å². The van der Waals surface area contributed by atoms with Gasteiger partial charge in [0, 0.05) is 17.5 Å². The number of fused-ring (bicyclic) bond motifs is 1. The topological polar surface area (TPSA) is 16.1 Å². The number of nitrogens with zero attached hydrogens (tertiary/aromatic N) is 2. The Morgan fingerprint density at radius 2 is 1.39 bits per heavy atom. The largest absolute Gasteiger partial charge is 0.309 e. The van der Waals surface area contributed by atoms with E-state index in [-0.39, 0.29) is 0 Å². The molecule has 0 spiro atoms. The van der Waals surface area contributed by atoms with Gasteiger partial charge < -0.3 is 4.90 Å². The van der Waals surface area contributed by atoms with Gasteiger partial charge in [-0.3, -0.25) is 4.98 Å². The van der Waals surface area contributed by atoms with E-state index in [1.165, 1.54) is 21.7 Å². The Bertz CT molecular complexity index is 1120. The first kappa shape index (κ1) is 21.5. The molecule has 0 aliphatic rings. The van der Waals surface area contributed by atoms with Gasteiger partial charge in [0.25, 0.3) is 0 Å². The maximum atomic E-state index is 4.66. The van der Waals surface area contributed by atoms with Crippen LogP contribution in [0.4, 0.5) is 0 Å². The molecule has 2 nitrogen and oxygen atoms in total. The zero-order chi connectivity index (χ0) is 21.8. The van der Waals surface area contributed by atoms with Crippen molar-refractivity contribution in [2.75, 3.05) is 20.6 Å². The lowest BCUT2D eigenvalue weighted by molar-refractivity contribution is 0.386. The van der Waals surface area contributed by atoms with Gasteiger partial charge in [-0.25, -0.2) is 0 Å². The number of aromatic nitrogens is 1. The zero-order valence-electron chi connectivity index (χ0n) is 19.0. The maximum Gasteiger partial charge on any atom is 0.0858 e. The molecule has 1 heterocycles. The van der Waals surface area contributed by atoms with Gasteiger partial charge in [-0.1, -0.05) is 97.1 Å². The van der Waals surface area contributed by atoms with E-state index in [0.29, 0.717) is 11.5 Å². The van der Waals surface area contributed by atoms with Crippen molar-refractivity contribution in [2.45, 2.75) is 24.6 Å². The molecule has 4 rings (SSSR count). The number of pyridine rings is 1. The molecule has 0 aliphatic heterocycles. The molecule has 0 fully saturated rings. The van der Waals surface area contributed by atoms with Gasteiger partial charge in [0.2, 0.25) is 0 Å². The van der Waals surface area contributed by atoms with Crippen LogP contribution in [-0.4, -0.2) is 38.6 Å². The Morgan fingerprint density at radius 1 is 0.774 bits per heavy atom. The lowest BCUT2D eigenvalue weighted by Crippen LogP contribution is -2.51. The summed E-state index contributed by atoms with van der Waals surface area (Å²) in [5.74, 6) is 0.304. The first-order chi connectivity index (χ1) is 15.0. The van der Waals surface area contributed by atoms with E-state index in [4.69, 9.17) is 0 Å². The van der Waals surface area contributed by atoms with Crippen molar-refractivity contribution < 1.29 is 0 Å². The quantitative estimate of drug-likeness (QED) is 0.343. The van der Waals surface area contributed by atoms with Crippen LogP contribution in [0.5, 0.6) is 0 Å². The van der Waals surface area contributed by atoms with Crippen LogP contribution in [0, 0.1) is 0 Å². The molecule has 158 valence electrons. The molecular formula is C28H32N2Si. The molecule has 31 heavy (non-hydrogen) atoms. The first-order valence-electron chi connectivity index (χ1n) is 11.1. The molecule has 0 N–H and O–H groups in total. The van der Waals surface area contributed by atoms with Gasteiger partial charge in [-0.2, -0.15) is 0 Å². The predicted octanol–water partition coefficient (Wildman–Crippen LogP) is 5.91. The highest BCUT2D eigenvalue weighted by Crippen LogP contribution is 2.44. The summed E-state index contributed by atoms with van der Waals surface area (Å²) >= 11 is 0. The van der Waals surface area contributed by atoms with Crippen molar-refractivity contribution in [1.29, 1.82) is 0 Å². The third kappa shape index (κ3) is 4.48. The van der Waals surface area contributed by atoms with Gasteiger partial charge >= 0.3 is 0 Å². The minimum Gasteiger partial charge on any atom is -0.309 e. The number of rotatable bonds is 7. The number of hydrogen-bond donors (Lipinski definition) is 0. The molecule has 0 saturated carbocycles. The van der Waals surface area contributed by atoms with Gasteiger partial charge in [-0.15, -0.1) is 0 Å². The fraction of sp³-hybridized carbons (Fsp3) is 0.250. The lowest BCUT2D eigenvalue weighted by Gasteiger charge is -2.41. The molecular weight excluding hydrogens is 392 g/mol. The number of hydrogen-bond acceptors (Lipinski definition) is 2. The van der Waals surface area contributed by atoms with E-state index in [1.54, 1.807) is 0 Å². The highest BCUT2D eigenvalue weighted by atomic mass is 28.3. The minimum atomic E-state index is -1.85. The monoisotopic (exact) mass is 424 g/mol. The Morgan fingerprint density at radius 3 is 2.06 bits per heavy atom. The molecule has 0 radical (unpaired) electrons. The van der Waals surface area contributed by atoms with Crippen LogP contribution < -0.4 is 5.19 Å². The summed E-state index contributed by atoms with van der Waals surface area (Å²) in [5, 5.41) is 2.78. The lowest BCUT2D eigenvalue weighted by atomic mass is 9.86. The third-order valence-electron chi connectivity index (χ3n) is 6.59. The zero-order valence-corrected chi connectivity index (χ0v) is 20.0. The van der Waals surface area contributed by atoms with Crippen molar-refractivity contribution in [3.63, 3.8) is 0 Å². The van der Waals surface area contributed by atoms with Crippen molar-refractivity contribution >= 4 is 24.2 Å². The van der Waals surface area contributed by atoms with Crippen LogP contribution in [-0.2, 0) is 0 Å². The van der Waals surface area contributed by atoms with Crippen LogP contribution in [0.2, 0.25) is 18.6 Å². The molecule has 2 atom stereocenters. The summed E-state index contributed by atoms with van der Waals surface area (Å²) in [6.45, 7) is 6.12. The average Bonchev–Trinajstić information content (AvgIpc) is 2.80. The van der Waals surface area contributed by atoms with Crippen LogP contribution in [0.3, 0.4) is 0 Å². The van der Waals surface area contributed by atoms with E-state index >= 15 is 0 Å². The standard InChI is InChI=1S/C28H32N2Si/c1-30(2)21-27(31(3,4)23-15-9-6-10-16-23)28(22-13-7-5-8-14-22)25-19-20-29-26-18-12-11-17-24(25)26/h5-20,27-28H,21H2,1-4H3. The average molecular weight is 425 g/mol. The Kier molecular flexibility index (Phi) is 6.35. The predicted molar refractivity (Wildman–Crippen MR) is 136 cm³/mol. The smallest absolute Gasteiger partial charge is 0.0858 e. The summed E-state index contributed by atoms with van der Waals surface area (Å²) in [6, 6.07) is 33.1. The molecule has 2 unspecified atom stereocenters. The second-order valence-electron chi connectivity index (χ2n) is 9.26. The Balaban J connectivity index is 1.96. The molecule has 0 bridgehead atoms. The summed E-state index contributed by atoms with van der Waals surface area (Å²) in [6.07, 6.45) is 1.98. The summed E-state index contributed by atoms with van der Waals surface area (Å²) in [5.41, 5.74) is 4.35. The summed E-state index contributed by atoms with van der Waals surface area (Å²) in [7, 11) is 2.56. The third-order valence-corrected chi connectivity index (χ3v) is 10.8. The van der Waals surface area contributed by atoms with Gasteiger partial charge in [0.15, 0.2) is 0 Å². The molecule has 4 aromatic rings. The van der Waals surface area contributed by atoms with Crippen molar-refractivity contribution in [1.82, 2.24) is 9.88 Å². The summed E-state index contributed by atoms with van der Waals surface area (Å²) < 4.78 is 0. The van der Waals surface area contributed by atoms with Gasteiger partial charge in [-0.05, 0) is 49.4 Å². The van der Waals surface area contributed by atoms with Crippen LogP contribution in [0.1, 0.15) is 17.0 Å². The molecule has 3 heteroatoms. The van der Waals surface area contributed by atoms with E-state index in [1.807, 2.05) is 6.20 Å². The molecule has 0 saturated heterocycles. The number of benzene rings is 3. The van der Waals surface area contributed by atoms with Gasteiger partial charge in [0.05, 0.1) is 13.6 Å². The van der Waals surface area contributed by atoms with E-state index in [0.717, 1.165) is 12.1 Å². The van der Waals surface area contributed by atoms with Gasteiger partial charge in [0.1, 0.15) is 0 Å². The molecule has 3 aromatic carbocycles. The van der Waals surface area contributed by atoms with Crippen LogP contribution in [0.25, 0.3) is 10.9 Å². The highest BCUT2D eigenvalue weighted by Gasteiger charge is 2.40. The van der Waals surface area contributed by atoms with Crippen LogP contribution >= 0.6 is 0 Å². The van der Waals surface area contributed by atoms with Crippen molar-refractivity contribution in [3.8, 4) is 0 Å². The number of para-hydroxylation sites is 1. The fourth-order valence-electron chi connectivity index (χ4n) is 4.90. The Labute approximate surface area is 187 Å². The SMILES string of the molecule is CN(C)CC(C(c1ccccc1)c1ccnc2ccccc12)[Si](C)(C)c1ccccc1. The van der Waals surface area contributed by atoms with E-state index in [9.17, 15) is 0 Å².